The van der Waals surface area contributed by atoms with Gasteiger partial charge in [0, 0.05) is 0 Å². The second kappa shape index (κ2) is 7.70. The van der Waals surface area contributed by atoms with Crippen LogP contribution in [0.5, 0.6) is 0 Å². The van der Waals surface area contributed by atoms with Crippen LogP contribution in [-0.2, 0) is 0 Å². The number of thiol groups is 1. The zero-order valence-electron chi connectivity index (χ0n) is 15.2. The highest BCUT2D eigenvalue weighted by molar-refractivity contribution is 7.80. The van der Waals surface area contributed by atoms with Crippen molar-refractivity contribution in [2.75, 3.05) is 0 Å². The van der Waals surface area contributed by atoms with E-state index in [1.165, 1.54) is 9.13 Å². The van der Waals surface area contributed by atoms with Crippen LogP contribution in [0.25, 0.3) is 11.4 Å². The standard InChI is InChI=1S/C22H18N4OS/c1-16-12-14-17(15-13-16)23-24-20-21(28)26(19-10-6-3-7-11-19)22(27)25(20)18-8-4-2-5-9-18/h2-15,28H,1H3. The van der Waals surface area contributed by atoms with Gasteiger partial charge in [-0.1, -0.05) is 54.1 Å². The smallest absolute Gasteiger partial charge is 0.253 e. The molecular weight excluding hydrogens is 368 g/mol. The van der Waals surface area contributed by atoms with Crippen LogP contribution in [0.1, 0.15) is 5.56 Å². The molecule has 0 unspecified atom stereocenters. The molecule has 0 aliphatic heterocycles. The van der Waals surface area contributed by atoms with Crippen molar-refractivity contribution in [1.29, 1.82) is 0 Å². The summed E-state index contributed by atoms with van der Waals surface area (Å²) in [5, 5.41) is 9.12. The SMILES string of the molecule is Cc1ccc(N=Nc2c(S)n(-c3ccccc3)c(=O)n2-c2ccccc2)cc1. The lowest BCUT2D eigenvalue weighted by molar-refractivity contribution is 0.873. The summed E-state index contributed by atoms with van der Waals surface area (Å²) < 4.78 is 3.05. The highest BCUT2D eigenvalue weighted by Crippen LogP contribution is 2.29. The van der Waals surface area contributed by atoms with E-state index >= 15 is 0 Å². The maximum Gasteiger partial charge on any atom is 0.340 e. The Balaban J connectivity index is 1.91. The predicted octanol–water partition coefficient (Wildman–Crippen LogP) is 5.64. The molecule has 0 fully saturated rings. The molecule has 0 bridgehead atoms. The lowest BCUT2D eigenvalue weighted by atomic mass is 10.2. The van der Waals surface area contributed by atoms with Gasteiger partial charge in [0.05, 0.1) is 17.1 Å². The number of nitrogens with zero attached hydrogens (tertiary/aromatic N) is 4. The monoisotopic (exact) mass is 386 g/mol. The van der Waals surface area contributed by atoms with Gasteiger partial charge in [-0.15, -0.1) is 22.9 Å². The first-order chi connectivity index (χ1) is 13.6. The minimum absolute atomic E-state index is 0.250. The number of azo groups is 1. The number of hydrogen-bond acceptors (Lipinski definition) is 4. The quantitative estimate of drug-likeness (QED) is 0.358. The molecule has 6 heteroatoms. The fourth-order valence-electron chi connectivity index (χ4n) is 2.91. The fourth-order valence-corrected chi connectivity index (χ4v) is 3.25. The van der Waals surface area contributed by atoms with Crippen molar-refractivity contribution >= 4 is 24.1 Å². The summed E-state index contributed by atoms with van der Waals surface area (Å²) in [6.45, 7) is 2.01. The van der Waals surface area contributed by atoms with Crippen LogP contribution in [0.4, 0.5) is 11.5 Å². The Morgan fingerprint density at radius 3 is 1.82 bits per heavy atom. The maximum atomic E-state index is 13.2. The Kier molecular flexibility index (Phi) is 4.95. The molecule has 0 amide bonds. The Bertz CT molecular complexity index is 1180. The zero-order chi connectivity index (χ0) is 19.5. The molecule has 0 N–H and O–H groups in total. The first-order valence-electron chi connectivity index (χ1n) is 8.81. The molecule has 5 nitrogen and oxygen atoms in total. The van der Waals surface area contributed by atoms with Gasteiger partial charge in [0.1, 0.15) is 5.03 Å². The summed E-state index contributed by atoms with van der Waals surface area (Å²) >= 11 is 4.61. The molecule has 1 aromatic heterocycles. The van der Waals surface area contributed by atoms with E-state index in [1.807, 2.05) is 91.9 Å². The molecule has 0 aliphatic rings. The van der Waals surface area contributed by atoms with Crippen molar-refractivity contribution in [1.82, 2.24) is 9.13 Å². The van der Waals surface area contributed by atoms with E-state index < -0.39 is 0 Å². The Labute approximate surface area is 168 Å². The second-order valence-electron chi connectivity index (χ2n) is 6.31. The topological polar surface area (TPSA) is 51.6 Å². The summed E-state index contributed by atoms with van der Waals surface area (Å²) in [5.74, 6) is 0.379. The van der Waals surface area contributed by atoms with Gasteiger partial charge in [-0.25, -0.2) is 9.36 Å². The van der Waals surface area contributed by atoms with Crippen molar-refractivity contribution in [3.8, 4) is 11.4 Å². The van der Waals surface area contributed by atoms with Crippen LogP contribution in [0.3, 0.4) is 0 Å². The van der Waals surface area contributed by atoms with Gasteiger partial charge >= 0.3 is 5.69 Å². The normalized spacial score (nSPS) is 11.2. The van der Waals surface area contributed by atoms with Crippen molar-refractivity contribution < 1.29 is 0 Å². The van der Waals surface area contributed by atoms with E-state index in [0.29, 0.717) is 22.2 Å². The van der Waals surface area contributed by atoms with Crippen LogP contribution in [0.2, 0.25) is 0 Å². The molecule has 0 radical (unpaired) electrons. The lowest BCUT2D eigenvalue weighted by Crippen LogP contribution is -2.22. The molecule has 0 atom stereocenters. The molecule has 4 rings (SSSR count). The van der Waals surface area contributed by atoms with Gasteiger partial charge in [0.2, 0.25) is 0 Å². The molecule has 0 aliphatic carbocycles. The predicted molar refractivity (Wildman–Crippen MR) is 114 cm³/mol. The maximum absolute atomic E-state index is 13.2. The zero-order valence-corrected chi connectivity index (χ0v) is 16.1. The highest BCUT2D eigenvalue weighted by atomic mass is 32.1. The molecule has 1 heterocycles. The second-order valence-corrected chi connectivity index (χ2v) is 6.73. The van der Waals surface area contributed by atoms with Gasteiger partial charge in [0.25, 0.3) is 0 Å². The van der Waals surface area contributed by atoms with E-state index in [-0.39, 0.29) is 5.69 Å². The molecule has 0 spiro atoms. The average molecular weight is 386 g/mol. The van der Waals surface area contributed by atoms with E-state index in [2.05, 4.69) is 22.9 Å². The van der Waals surface area contributed by atoms with E-state index in [9.17, 15) is 4.79 Å². The third kappa shape index (κ3) is 3.42. The summed E-state index contributed by atoms with van der Waals surface area (Å²) in [6.07, 6.45) is 0. The Hall–Kier alpha value is -3.38. The molecule has 3 aromatic carbocycles. The van der Waals surface area contributed by atoms with Crippen molar-refractivity contribution in [3.05, 3.63) is 101 Å². The lowest BCUT2D eigenvalue weighted by Gasteiger charge is -2.03. The van der Waals surface area contributed by atoms with E-state index in [4.69, 9.17) is 0 Å². The largest absolute Gasteiger partial charge is 0.340 e. The molecule has 138 valence electrons. The van der Waals surface area contributed by atoms with Gasteiger partial charge < -0.3 is 0 Å². The molecule has 4 aromatic rings. The number of rotatable bonds is 4. The first-order valence-corrected chi connectivity index (χ1v) is 9.26. The van der Waals surface area contributed by atoms with Gasteiger partial charge in [0.15, 0.2) is 5.82 Å². The van der Waals surface area contributed by atoms with Crippen LogP contribution in [0, 0.1) is 6.92 Å². The third-order valence-electron chi connectivity index (χ3n) is 4.33. The van der Waals surface area contributed by atoms with Crippen molar-refractivity contribution in [2.24, 2.45) is 10.2 Å². The Morgan fingerprint density at radius 1 is 0.714 bits per heavy atom. The number of imidazole rings is 1. The average Bonchev–Trinajstić information content (AvgIpc) is 2.98. The summed E-state index contributed by atoms with van der Waals surface area (Å²) in [5.41, 5.74) is 3.03. The number of para-hydroxylation sites is 2. The van der Waals surface area contributed by atoms with E-state index in [1.54, 1.807) is 0 Å². The highest BCUT2D eigenvalue weighted by Gasteiger charge is 2.20. The number of aryl methyl sites for hydroxylation is 1. The van der Waals surface area contributed by atoms with Crippen molar-refractivity contribution in [2.45, 2.75) is 11.9 Å². The Morgan fingerprint density at radius 2 is 1.25 bits per heavy atom. The summed E-state index contributed by atoms with van der Waals surface area (Å²) in [4.78, 5) is 13.2. The van der Waals surface area contributed by atoms with Crippen molar-refractivity contribution in [3.63, 3.8) is 0 Å². The summed E-state index contributed by atoms with van der Waals surface area (Å²) in [6, 6.07) is 26.4. The van der Waals surface area contributed by atoms with Gasteiger partial charge in [-0.3, -0.25) is 4.57 Å². The molecule has 28 heavy (non-hydrogen) atoms. The third-order valence-corrected chi connectivity index (χ3v) is 4.73. The van der Waals surface area contributed by atoms with Crippen LogP contribution < -0.4 is 5.69 Å². The van der Waals surface area contributed by atoms with Crippen LogP contribution >= 0.6 is 12.6 Å². The van der Waals surface area contributed by atoms with Gasteiger partial charge in [-0.05, 0) is 43.3 Å². The molecule has 0 saturated carbocycles. The number of aromatic nitrogens is 2. The van der Waals surface area contributed by atoms with Crippen LogP contribution in [0.15, 0.2) is 105 Å². The van der Waals surface area contributed by atoms with Gasteiger partial charge in [-0.2, -0.15) is 0 Å². The first kappa shape index (κ1) is 18.0. The molecular formula is C22H18N4OS. The van der Waals surface area contributed by atoms with E-state index in [0.717, 1.165) is 11.3 Å². The number of hydrogen-bond donors (Lipinski definition) is 1. The van der Waals surface area contributed by atoms with Crippen LogP contribution in [-0.4, -0.2) is 9.13 Å². The summed E-state index contributed by atoms with van der Waals surface area (Å²) in [7, 11) is 0. The fraction of sp³-hybridized carbons (Fsp3) is 0.0455. The number of benzene rings is 3. The minimum atomic E-state index is -0.250. The minimum Gasteiger partial charge on any atom is -0.253 e. The molecule has 0 saturated heterocycles.